The second kappa shape index (κ2) is 7.13. The summed E-state index contributed by atoms with van der Waals surface area (Å²) < 4.78 is 6.01. The van der Waals surface area contributed by atoms with E-state index in [-0.39, 0.29) is 28.2 Å². The van der Waals surface area contributed by atoms with Gasteiger partial charge in [-0.15, -0.1) is 0 Å². The van der Waals surface area contributed by atoms with Gasteiger partial charge in [0.25, 0.3) is 0 Å². The second-order valence-electron chi connectivity index (χ2n) is 7.36. The fourth-order valence-corrected chi connectivity index (χ4v) is 4.23. The van der Waals surface area contributed by atoms with Gasteiger partial charge in [0.05, 0.1) is 18.6 Å². The number of phenolic OH excluding ortho intramolecular Hbond substituents is 2. The summed E-state index contributed by atoms with van der Waals surface area (Å²) in [4.78, 5) is 14.0. The number of piperidine rings is 1. The first-order valence-electron chi connectivity index (χ1n) is 9.13. The standard InChI is InChI=1S/C21H20ClNO5/c1-23-7-6-12(17(27)10-23)19-14(24)8-15(25)20-16(26)9-18(28-21(19)20)11-4-2-3-5-13(11)22/h2-5,8-9,12,17,24-25,27H,6-7,10H2,1H3/p+1/t12-,17+/m0/s1. The molecular formula is C21H21ClNO5+. The number of phenols is 2. The van der Waals surface area contributed by atoms with E-state index in [1.54, 1.807) is 24.3 Å². The molecule has 3 aromatic rings. The SMILES string of the molecule is C[NH+]1CC[C@H](c2c(O)cc(O)c3c(=O)cc(-c4ccccc4Cl)oc23)[C@H](O)C1. The fourth-order valence-electron chi connectivity index (χ4n) is 4.01. The number of quaternary nitrogens is 1. The number of rotatable bonds is 2. The zero-order chi connectivity index (χ0) is 20.0. The first kappa shape index (κ1) is 18.8. The van der Waals surface area contributed by atoms with Crippen LogP contribution in [0.5, 0.6) is 11.5 Å². The summed E-state index contributed by atoms with van der Waals surface area (Å²) in [7, 11) is 1.99. The van der Waals surface area contributed by atoms with Crippen LogP contribution in [0.25, 0.3) is 22.3 Å². The third-order valence-corrected chi connectivity index (χ3v) is 5.74. The van der Waals surface area contributed by atoms with Crippen LogP contribution in [0.15, 0.2) is 45.6 Å². The molecule has 146 valence electrons. The number of aliphatic hydroxyl groups is 1. The lowest BCUT2D eigenvalue weighted by atomic mass is 9.85. The number of halogens is 1. The number of likely N-dealkylation sites (N-methyl/N-ethyl adjacent to an activating group) is 1. The average Bonchev–Trinajstić information content (AvgIpc) is 2.63. The molecule has 1 aliphatic heterocycles. The highest BCUT2D eigenvalue weighted by atomic mass is 35.5. The van der Waals surface area contributed by atoms with Gasteiger partial charge in [0.1, 0.15) is 40.9 Å². The van der Waals surface area contributed by atoms with Crippen molar-refractivity contribution in [3.63, 3.8) is 0 Å². The molecule has 0 radical (unpaired) electrons. The van der Waals surface area contributed by atoms with Gasteiger partial charge < -0.3 is 24.6 Å². The Balaban J connectivity index is 2.00. The molecule has 3 atom stereocenters. The Morgan fingerprint density at radius 2 is 1.93 bits per heavy atom. The molecule has 1 fully saturated rings. The first-order chi connectivity index (χ1) is 13.4. The van der Waals surface area contributed by atoms with Gasteiger partial charge in [-0.3, -0.25) is 4.79 Å². The van der Waals surface area contributed by atoms with Crippen molar-refractivity contribution in [1.29, 1.82) is 0 Å². The Bertz CT molecular complexity index is 1110. The topological polar surface area (TPSA) is 95.3 Å². The van der Waals surface area contributed by atoms with Crippen LogP contribution in [0.2, 0.25) is 5.02 Å². The van der Waals surface area contributed by atoms with Crippen LogP contribution in [-0.2, 0) is 0 Å². The molecule has 2 aromatic carbocycles. The molecule has 0 amide bonds. The number of hydrogen-bond acceptors (Lipinski definition) is 5. The predicted molar refractivity (Wildman–Crippen MR) is 106 cm³/mol. The molecule has 4 N–H and O–H groups in total. The maximum absolute atomic E-state index is 12.8. The number of nitrogens with one attached hydrogen (secondary N) is 1. The third kappa shape index (κ3) is 3.13. The minimum atomic E-state index is -0.707. The molecule has 1 unspecified atom stereocenters. The fraction of sp³-hybridized carbons (Fsp3) is 0.286. The zero-order valence-corrected chi connectivity index (χ0v) is 16.0. The molecule has 0 bridgehead atoms. The van der Waals surface area contributed by atoms with E-state index in [1.807, 2.05) is 7.05 Å². The van der Waals surface area contributed by atoms with Gasteiger partial charge in [-0.1, -0.05) is 23.7 Å². The Labute approximate surface area is 166 Å². The van der Waals surface area contributed by atoms with Crippen LogP contribution in [0.4, 0.5) is 0 Å². The van der Waals surface area contributed by atoms with Crippen LogP contribution >= 0.6 is 11.6 Å². The first-order valence-corrected chi connectivity index (χ1v) is 9.51. The number of fused-ring (bicyclic) bond motifs is 1. The van der Waals surface area contributed by atoms with Crippen molar-refractivity contribution < 1.29 is 24.6 Å². The molecule has 1 aliphatic rings. The van der Waals surface area contributed by atoms with E-state index in [2.05, 4.69) is 0 Å². The lowest BCUT2D eigenvalue weighted by Gasteiger charge is -2.32. The number of benzene rings is 2. The van der Waals surface area contributed by atoms with Crippen LogP contribution in [0, 0.1) is 0 Å². The number of likely N-dealkylation sites (tertiary alicyclic amines) is 1. The summed E-state index contributed by atoms with van der Waals surface area (Å²) in [6.45, 7) is 1.32. The van der Waals surface area contributed by atoms with Crippen molar-refractivity contribution in [3.8, 4) is 22.8 Å². The van der Waals surface area contributed by atoms with Crippen molar-refractivity contribution in [2.75, 3.05) is 20.1 Å². The Morgan fingerprint density at radius 3 is 2.64 bits per heavy atom. The molecule has 0 saturated carbocycles. The van der Waals surface area contributed by atoms with Crippen molar-refractivity contribution >= 4 is 22.6 Å². The number of aromatic hydroxyl groups is 2. The zero-order valence-electron chi connectivity index (χ0n) is 15.3. The summed E-state index contributed by atoms with van der Waals surface area (Å²) >= 11 is 6.25. The van der Waals surface area contributed by atoms with E-state index in [4.69, 9.17) is 16.0 Å². The minimum Gasteiger partial charge on any atom is -0.507 e. The molecule has 0 spiro atoms. The van der Waals surface area contributed by atoms with E-state index in [0.29, 0.717) is 29.1 Å². The van der Waals surface area contributed by atoms with Crippen LogP contribution < -0.4 is 10.3 Å². The van der Waals surface area contributed by atoms with Gasteiger partial charge >= 0.3 is 0 Å². The maximum Gasteiger partial charge on any atom is 0.197 e. The van der Waals surface area contributed by atoms with Gasteiger partial charge in [-0.05, 0) is 12.1 Å². The smallest absolute Gasteiger partial charge is 0.197 e. The van der Waals surface area contributed by atoms with E-state index < -0.39 is 17.5 Å². The summed E-state index contributed by atoms with van der Waals surface area (Å²) in [6.07, 6.45) is -0.0952. The van der Waals surface area contributed by atoms with Crippen molar-refractivity contribution in [2.24, 2.45) is 0 Å². The van der Waals surface area contributed by atoms with Gasteiger partial charge in [-0.2, -0.15) is 0 Å². The average molecular weight is 403 g/mol. The van der Waals surface area contributed by atoms with Crippen molar-refractivity contribution in [2.45, 2.75) is 18.4 Å². The van der Waals surface area contributed by atoms with E-state index in [9.17, 15) is 20.1 Å². The van der Waals surface area contributed by atoms with Crippen molar-refractivity contribution in [3.05, 3.63) is 57.2 Å². The minimum absolute atomic E-state index is 0.0120. The quantitative estimate of drug-likeness (QED) is 0.525. The molecule has 0 aliphatic carbocycles. The highest BCUT2D eigenvalue weighted by Crippen LogP contribution is 2.42. The normalized spacial score (nSPS) is 22.5. The van der Waals surface area contributed by atoms with E-state index in [1.165, 1.54) is 11.0 Å². The van der Waals surface area contributed by atoms with Gasteiger partial charge in [0.2, 0.25) is 0 Å². The number of aliphatic hydroxyl groups excluding tert-OH is 1. The van der Waals surface area contributed by atoms with Crippen LogP contribution in [0.3, 0.4) is 0 Å². The van der Waals surface area contributed by atoms with Crippen LogP contribution in [0.1, 0.15) is 17.9 Å². The molecule has 1 saturated heterocycles. The summed E-state index contributed by atoms with van der Waals surface area (Å²) in [6, 6.07) is 9.37. The maximum atomic E-state index is 12.8. The third-order valence-electron chi connectivity index (χ3n) is 5.41. The summed E-state index contributed by atoms with van der Waals surface area (Å²) in [5.74, 6) is -0.726. The lowest BCUT2D eigenvalue weighted by molar-refractivity contribution is -0.888. The molecule has 2 heterocycles. The van der Waals surface area contributed by atoms with Gasteiger partial charge in [0, 0.05) is 35.6 Å². The highest BCUT2D eigenvalue weighted by molar-refractivity contribution is 6.33. The molecule has 28 heavy (non-hydrogen) atoms. The monoisotopic (exact) mass is 402 g/mol. The number of hydrogen-bond donors (Lipinski definition) is 4. The summed E-state index contributed by atoms with van der Waals surface area (Å²) in [5, 5.41) is 31.8. The van der Waals surface area contributed by atoms with Gasteiger partial charge in [-0.25, -0.2) is 0 Å². The molecular weight excluding hydrogens is 382 g/mol. The molecule has 1 aromatic heterocycles. The highest BCUT2D eigenvalue weighted by Gasteiger charge is 2.35. The predicted octanol–water partition coefficient (Wildman–Crippen LogP) is 1.89. The largest absolute Gasteiger partial charge is 0.507 e. The Kier molecular flexibility index (Phi) is 4.79. The second-order valence-corrected chi connectivity index (χ2v) is 7.77. The molecule has 7 heteroatoms. The van der Waals surface area contributed by atoms with Crippen molar-refractivity contribution in [1.82, 2.24) is 0 Å². The van der Waals surface area contributed by atoms with Crippen LogP contribution in [-0.4, -0.2) is 41.6 Å². The molecule has 4 rings (SSSR count). The summed E-state index contributed by atoms with van der Waals surface area (Å²) in [5.41, 5.74) is 0.524. The van der Waals surface area contributed by atoms with E-state index >= 15 is 0 Å². The van der Waals surface area contributed by atoms with Gasteiger partial charge in [0.15, 0.2) is 5.43 Å². The lowest BCUT2D eigenvalue weighted by Crippen LogP contribution is -3.11. The molecule has 6 nitrogen and oxygen atoms in total. The Hall–Kier alpha value is -2.54. The van der Waals surface area contributed by atoms with E-state index in [0.717, 1.165) is 12.6 Å². The Morgan fingerprint density at radius 1 is 1.18 bits per heavy atom.